The number of nitro groups is 1. The first-order valence-electron chi connectivity index (χ1n) is 5.52. The van der Waals surface area contributed by atoms with Crippen molar-refractivity contribution in [2.45, 2.75) is 26.3 Å². The lowest BCUT2D eigenvalue weighted by Crippen LogP contribution is -2.29. The summed E-state index contributed by atoms with van der Waals surface area (Å²) in [5.41, 5.74) is 6.67. The van der Waals surface area contributed by atoms with E-state index in [-0.39, 0.29) is 22.6 Å². The topological polar surface area (TPSA) is 78.4 Å². The van der Waals surface area contributed by atoms with Crippen LogP contribution in [0.1, 0.15) is 19.4 Å². The number of nitrogens with zero attached hydrogens (tertiary/aromatic N) is 1. The highest BCUT2D eigenvalue weighted by atomic mass is 16.6. The highest BCUT2D eigenvalue weighted by Crippen LogP contribution is 2.25. The Morgan fingerprint density at radius 3 is 2.59 bits per heavy atom. The fraction of sp³-hybridized carbons (Fsp3) is 0.500. The zero-order chi connectivity index (χ0) is 13.0. The van der Waals surface area contributed by atoms with Crippen LogP contribution in [-0.2, 0) is 6.42 Å². The monoisotopic (exact) mass is 238 g/mol. The second-order valence-electron chi connectivity index (χ2n) is 4.36. The van der Waals surface area contributed by atoms with Gasteiger partial charge < -0.3 is 10.5 Å². The molecule has 0 fully saturated rings. The Hall–Kier alpha value is -1.62. The predicted molar refractivity (Wildman–Crippen MR) is 66.2 cm³/mol. The summed E-state index contributed by atoms with van der Waals surface area (Å²) in [7, 11) is 1.54. The molecule has 0 heterocycles. The van der Waals surface area contributed by atoms with Crippen LogP contribution in [0.3, 0.4) is 0 Å². The van der Waals surface area contributed by atoms with Crippen LogP contribution in [-0.4, -0.2) is 18.1 Å². The molecule has 1 unspecified atom stereocenters. The van der Waals surface area contributed by atoms with Crippen LogP contribution in [0.25, 0.3) is 0 Å². The Bertz CT molecular complexity index is 405. The average Bonchev–Trinajstić information content (AvgIpc) is 2.28. The molecule has 0 bridgehead atoms. The van der Waals surface area contributed by atoms with Crippen LogP contribution in [0.2, 0.25) is 0 Å². The van der Waals surface area contributed by atoms with Gasteiger partial charge in [0, 0.05) is 17.7 Å². The third-order valence-electron chi connectivity index (χ3n) is 2.80. The summed E-state index contributed by atoms with van der Waals surface area (Å²) in [6.07, 6.45) is 0.477. The van der Waals surface area contributed by atoms with E-state index < -0.39 is 0 Å². The summed E-state index contributed by atoms with van der Waals surface area (Å²) in [6, 6.07) is 4.63. The molecule has 94 valence electrons. The first kappa shape index (κ1) is 13.4. The van der Waals surface area contributed by atoms with Crippen molar-refractivity contribution in [2.24, 2.45) is 11.7 Å². The molecule has 17 heavy (non-hydrogen) atoms. The quantitative estimate of drug-likeness (QED) is 0.629. The molecule has 1 aromatic rings. The first-order valence-corrected chi connectivity index (χ1v) is 5.52. The number of rotatable bonds is 5. The molecule has 0 aliphatic rings. The van der Waals surface area contributed by atoms with E-state index in [4.69, 9.17) is 10.5 Å². The smallest absolute Gasteiger partial charge is 0.272 e. The van der Waals surface area contributed by atoms with Crippen LogP contribution in [0.15, 0.2) is 18.2 Å². The van der Waals surface area contributed by atoms with E-state index >= 15 is 0 Å². The predicted octanol–water partition coefficient (Wildman–Crippen LogP) is 2.13. The fourth-order valence-electron chi connectivity index (χ4n) is 1.52. The lowest BCUT2D eigenvalue weighted by molar-refractivity contribution is -0.385. The molecule has 0 aliphatic heterocycles. The van der Waals surface area contributed by atoms with Crippen LogP contribution < -0.4 is 10.5 Å². The number of nitro benzene ring substituents is 1. The van der Waals surface area contributed by atoms with E-state index in [9.17, 15) is 10.1 Å². The van der Waals surface area contributed by atoms with Gasteiger partial charge in [0.25, 0.3) is 5.69 Å². The summed E-state index contributed by atoms with van der Waals surface area (Å²) < 4.78 is 5.07. The van der Waals surface area contributed by atoms with E-state index in [1.165, 1.54) is 13.2 Å². The SMILES string of the molecule is COc1ccc([N+](=O)[O-])c(CC(N)C(C)C)c1. The van der Waals surface area contributed by atoms with Crippen LogP contribution in [0.4, 0.5) is 5.69 Å². The molecule has 5 nitrogen and oxygen atoms in total. The maximum Gasteiger partial charge on any atom is 0.272 e. The third-order valence-corrected chi connectivity index (χ3v) is 2.80. The van der Waals surface area contributed by atoms with Crippen molar-refractivity contribution in [1.82, 2.24) is 0 Å². The van der Waals surface area contributed by atoms with E-state index in [1.54, 1.807) is 12.1 Å². The zero-order valence-electron chi connectivity index (χ0n) is 10.3. The van der Waals surface area contributed by atoms with Gasteiger partial charge in [0.05, 0.1) is 12.0 Å². The minimum atomic E-state index is -0.387. The first-order chi connectivity index (χ1) is 7.95. The minimum absolute atomic E-state index is 0.0965. The molecule has 0 radical (unpaired) electrons. The van der Waals surface area contributed by atoms with E-state index in [0.29, 0.717) is 17.7 Å². The number of nitrogens with two attached hydrogens (primary N) is 1. The molecular formula is C12H18N2O3. The second-order valence-corrected chi connectivity index (χ2v) is 4.36. The van der Waals surface area contributed by atoms with Gasteiger partial charge >= 0.3 is 0 Å². The third kappa shape index (κ3) is 3.42. The van der Waals surface area contributed by atoms with Crippen molar-refractivity contribution in [3.63, 3.8) is 0 Å². The van der Waals surface area contributed by atoms with Gasteiger partial charge in [-0.3, -0.25) is 10.1 Å². The molecule has 2 N–H and O–H groups in total. The summed E-state index contributed by atoms with van der Waals surface area (Å²) >= 11 is 0. The fourth-order valence-corrected chi connectivity index (χ4v) is 1.52. The van der Waals surface area contributed by atoms with Crippen molar-refractivity contribution in [1.29, 1.82) is 0 Å². The summed E-state index contributed by atoms with van der Waals surface area (Å²) in [5, 5.41) is 10.9. The minimum Gasteiger partial charge on any atom is -0.497 e. The summed E-state index contributed by atoms with van der Waals surface area (Å²) in [5.74, 6) is 0.891. The maximum absolute atomic E-state index is 10.9. The Kier molecular flexibility index (Phi) is 4.45. The number of ether oxygens (including phenoxy) is 1. The molecular weight excluding hydrogens is 220 g/mol. The van der Waals surface area contributed by atoms with E-state index in [1.807, 2.05) is 13.8 Å². The lowest BCUT2D eigenvalue weighted by atomic mass is 9.96. The summed E-state index contributed by atoms with van der Waals surface area (Å²) in [4.78, 5) is 10.5. The molecule has 1 rings (SSSR count). The summed E-state index contributed by atoms with van der Waals surface area (Å²) in [6.45, 7) is 3.99. The van der Waals surface area contributed by atoms with Gasteiger partial charge in [-0.15, -0.1) is 0 Å². The van der Waals surface area contributed by atoms with Gasteiger partial charge in [-0.25, -0.2) is 0 Å². The molecule has 0 aliphatic carbocycles. The number of methoxy groups -OCH3 is 1. The molecule has 1 aromatic carbocycles. The Morgan fingerprint density at radius 2 is 2.12 bits per heavy atom. The normalized spacial score (nSPS) is 12.5. The molecule has 0 saturated carbocycles. The molecule has 1 atom stereocenters. The van der Waals surface area contributed by atoms with Crippen LogP contribution in [0, 0.1) is 16.0 Å². The van der Waals surface area contributed by atoms with Crippen molar-refractivity contribution in [3.05, 3.63) is 33.9 Å². The van der Waals surface area contributed by atoms with Gasteiger partial charge in [0.2, 0.25) is 0 Å². The number of hydrogen-bond donors (Lipinski definition) is 1. The number of hydrogen-bond acceptors (Lipinski definition) is 4. The number of benzene rings is 1. The van der Waals surface area contributed by atoms with Crippen molar-refractivity contribution < 1.29 is 9.66 Å². The van der Waals surface area contributed by atoms with E-state index in [0.717, 1.165) is 0 Å². The van der Waals surface area contributed by atoms with Crippen molar-refractivity contribution in [2.75, 3.05) is 7.11 Å². The Labute approximate surface area is 101 Å². The van der Waals surface area contributed by atoms with Gasteiger partial charge in [-0.05, 0) is 24.5 Å². The maximum atomic E-state index is 10.9. The highest BCUT2D eigenvalue weighted by Gasteiger charge is 2.18. The Morgan fingerprint density at radius 1 is 1.47 bits per heavy atom. The molecule has 0 amide bonds. The van der Waals surface area contributed by atoms with Gasteiger partial charge in [0.15, 0.2) is 0 Å². The standard InChI is InChI=1S/C12H18N2O3/c1-8(2)11(13)7-9-6-10(17-3)4-5-12(9)14(15)16/h4-6,8,11H,7,13H2,1-3H3. The van der Waals surface area contributed by atoms with Crippen molar-refractivity contribution >= 4 is 5.69 Å². The Balaban J connectivity index is 3.05. The van der Waals surface area contributed by atoms with Crippen molar-refractivity contribution in [3.8, 4) is 5.75 Å². The van der Waals surface area contributed by atoms with Crippen LogP contribution in [0.5, 0.6) is 5.75 Å². The largest absolute Gasteiger partial charge is 0.497 e. The average molecular weight is 238 g/mol. The van der Waals surface area contributed by atoms with E-state index in [2.05, 4.69) is 0 Å². The van der Waals surface area contributed by atoms with Gasteiger partial charge in [-0.2, -0.15) is 0 Å². The molecule has 0 spiro atoms. The van der Waals surface area contributed by atoms with Gasteiger partial charge in [-0.1, -0.05) is 13.8 Å². The lowest BCUT2D eigenvalue weighted by Gasteiger charge is -2.15. The zero-order valence-corrected chi connectivity index (χ0v) is 10.3. The second kappa shape index (κ2) is 5.63. The molecule has 0 aromatic heterocycles. The highest BCUT2D eigenvalue weighted by molar-refractivity contribution is 5.45. The van der Waals surface area contributed by atoms with Crippen LogP contribution >= 0.6 is 0 Å². The molecule has 5 heteroatoms. The molecule has 0 saturated heterocycles. The van der Waals surface area contributed by atoms with Gasteiger partial charge in [0.1, 0.15) is 5.75 Å².